The first-order chi connectivity index (χ1) is 10.2. The molecule has 0 aliphatic carbocycles. The van der Waals surface area contributed by atoms with E-state index in [-0.39, 0.29) is 5.56 Å². The highest BCUT2D eigenvalue weighted by Gasteiger charge is 2.08. The molecular weight excluding hydrogens is 282 g/mol. The topological polar surface area (TPSA) is 60.9 Å². The van der Waals surface area contributed by atoms with Crippen molar-refractivity contribution in [3.05, 3.63) is 76.2 Å². The Kier molecular flexibility index (Phi) is 3.50. The lowest BCUT2D eigenvalue weighted by atomic mass is 10.1. The SMILES string of the molecule is NC(=S)c1ccccc1Cn1ncc2ccccc2c1=O. The predicted octanol–water partition coefficient (Wildman–Crippen LogP) is 2.08. The number of nitrogens with two attached hydrogens (primary N) is 1. The zero-order valence-corrected chi connectivity index (χ0v) is 12.0. The van der Waals surface area contributed by atoms with Gasteiger partial charge in [0, 0.05) is 10.9 Å². The molecule has 0 fully saturated rings. The van der Waals surface area contributed by atoms with Gasteiger partial charge >= 0.3 is 0 Å². The van der Waals surface area contributed by atoms with Crippen molar-refractivity contribution in [1.82, 2.24) is 9.78 Å². The fraction of sp³-hybridized carbons (Fsp3) is 0.0625. The monoisotopic (exact) mass is 295 g/mol. The summed E-state index contributed by atoms with van der Waals surface area (Å²) in [5, 5.41) is 5.71. The van der Waals surface area contributed by atoms with Crippen LogP contribution in [-0.2, 0) is 6.54 Å². The van der Waals surface area contributed by atoms with Crippen LogP contribution in [0.15, 0.2) is 59.5 Å². The average molecular weight is 295 g/mol. The predicted molar refractivity (Wildman–Crippen MR) is 87.4 cm³/mol. The van der Waals surface area contributed by atoms with Crippen molar-refractivity contribution in [2.45, 2.75) is 6.54 Å². The smallest absolute Gasteiger partial charge is 0.274 e. The van der Waals surface area contributed by atoms with Crippen LogP contribution in [-0.4, -0.2) is 14.8 Å². The van der Waals surface area contributed by atoms with Gasteiger partial charge in [0.15, 0.2) is 0 Å². The first kappa shape index (κ1) is 13.5. The second-order valence-electron chi connectivity index (χ2n) is 4.72. The fourth-order valence-corrected chi connectivity index (χ4v) is 2.50. The normalized spacial score (nSPS) is 10.7. The summed E-state index contributed by atoms with van der Waals surface area (Å²) in [6.45, 7) is 0.344. The third-order valence-electron chi connectivity index (χ3n) is 3.36. The van der Waals surface area contributed by atoms with E-state index in [0.717, 1.165) is 16.5 Å². The summed E-state index contributed by atoms with van der Waals surface area (Å²) in [5.74, 6) is 0. The van der Waals surface area contributed by atoms with Gasteiger partial charge in [0.25, 0.3) is 5.56 Å². The van der Waals surface area contributed by atoms with Crippen molar-refractivity contribution in [1.29, 1.82) is 0 Å². The van der Waals surface area contributed by atoms with Crippen LogP contribution in [0.4, 0.5) is 0 Å². The summed E-state index contributed by atoms with van der Waals surface area (Å²) in [6.07, 6.45) is 1.69. The highest BCUT2D eigenvalue weighted by Crippen LogP contribution is 2.11. The molecule has 0 bridgehead atoms. The van der Waals surface area contributed by atoms with E-state index in [1.165, 1.54) is 4.68 Å². The molecule has 0 unspecified atom stereocenters. The van der Waals surface area contributed by atoms with E-state index in [4.69, 9.17) is 18.0 Å². The zero-order chi connectivity index (χ0) is 14.8. The van der Waals surface area contributed by atoms with Gasteiger partial charge in [-0.1, -0.05) is 54.7 Å². The summed E-state index contributed by atoms with van der Waals surface area (Å²) < 4.78 is 1.43. The van der Waals surface area contributed by atoms with E-state index in [1.54, 1.807) is 12.3 Å². The number of rotatable bonds is 3. The van der Waals surface area contributed by atoms with Crippen LogP contribution in [0.25, 0.3) is 10.8 Å². The largest absolute Gasteiger partial charge is 0.389 e. The molecule has 1 heterocycles. The maximum Gasteiger partial charge on any atom is 0.274 e. The molecule has 3 rings (SSSR count). The molecule has 3 aromatic rings. The fourth-order valence-electron chi connectivity index (χ4n) is 2.30. The van der Waals surface area contributed by atoms with E-state index in [1.807, 2.05) is 42.5 Å². The van der Waals surface area contributed by atoms with E-state index in [9.17, 15) is 4.79 Å². The van der Waals surface area contributed by atoms with Gasteiger partial charge in [0.1, 0.15) is 4.99 Å². The molecule has 4 nitrogen and oxygen atoms in total. The van der Waals surface area contributed by atoms with Crippen molar-refractivity contribution in [2.24, 2.45) is 5.73 Å². The van der Waals surface area contributed by atoms with Gasteiger partial charge in [0.05, 0.1) is 18.1 Å². The molecule has 2 aromatic carbocycles. The zero-order valence-electron chi connectivity index (χ0n) is 11.2. The molecule has 0 amide bonds. The van der Waals surface area contributed by atoms with Gasteiger partial charge in [-0.05, 0) is 11.6 Å². The Hall–Kier alpha value is -2.53. The molecule has 0 aliphatic heterocycles. The molecule has 0 saturated heterocycles. The lowest BCUT2D eigenvalue weighted by Gasteiger charge is -2.10. The van der Waals surface area contributed by atoms with Crippen molar-refractivity contribution < 1.29 is 0 Å². The van der Waals surface area contributed by atoms with Crippen molar-refractivity contribution in [3.8, 4) is 0 Å². The summed E-state index contributed by atoms with van der Waals surface area (Å²) in [7, 11) is 0. The minimum atomic E-state index is -0.120. The third-order valence-corrected chi connectivity index (χ3v) is 3.58. The second kappa shape index (κ2) is 5.46. The molecule has 0 atom stereocenters. The lowest BCUT2D eigenvalue weighted by molar-refractivity contribution is 0.647. The number of aromatic nitrogens is 2. The highest BCUT2D eigenvalue weighted by molar-refractivity contribution is 7.80. The van der Waals surface area contributed by atoms with Crippen molar-refractivity contribution >= 4 is 28.0 Å². The number of nitrogens with zero attached hydrogens (tertiary/aromatic N) is 2. The first-order valence-electron chi connectivity index (χ1n) is 6.49. The Labute approximate surface area is 126 Å². The summed E-state index contributed by atoms with van der Waals surface area (Å²) in [5.41, 5.74) is 7.26. The Bertz CT molecular complexity index is 886. The molecule has 2 N–H and O–H groups in total. The van der Waals surface area contributed by atoms with Crippen LogP contribution < -0.4 is 11.3 Å². The quantitative estimate of drug-likeness (QED) is 0.752. The lowest BCUT2D eigenvalue weighted by Crippen LogP contribution is -2.24. The standard InChI is InChI=1S/C16H13N3OS/c17-15(21)13-7-3-2-6-12(13)10-19-16(20)14-8-4-1-5-11(14)9-18-19/h1-9H,10H2,(H2,17,21). The molecular formula is C16H13N3OS. The summed E-state index contributed by atoms with van der Waals surface area (Å²) >= 11 is 5.05. The van der Waals surface area contributed by atoms with E-state index >= 15 is 0 Å². The number of benzene rings is 2. The number of fused-ring (bicyclic) bond motifs is 1. The molecule has 21 heavy (non-hydrogen) atoms. The van der Waals surface area contributed by atoms with E-state index in [2.05, 4.69) is 5.10 Å². The van der Waals surface area contributed by atoms with E-state index in [0.29, 0.717) is 16.9 Å². The van der Waals surface area contributed by atoms with Gasteiger partial charge in [0.2, 0.25) is 0 Å². The maximum atomic E-state index is 12.5. The van der Waals surface area contributed by atoms with Crippen LogP contribution in [0.5, 0.6) is 0 Å². The molecule has 1 aromatic heterocycles. The second-order valence-corrected chi connectivity index (χ2v) is 5.16. The van der Waals surface area contributed by atoms with Crippen LogP contribution in [0.3, 0.4) is 0 Å². The van der Waals surface area contributed by atoms with Crippen molar-refractivity contribution in [3.63, 3.8) is 0 Å². The highest BCUT2D eigenvalue weighted by atomic mass is 32.1. The Morgan fingerprint density at radius 1 is 1.14 bits per heavy atom. The third kappa shape index (κ3) is 2.55. The van der Waals surface area contributed by atoms with E-state index < -0.39 is 0 Å². The minimum absolute atomic E-state index is 0.120. The van der Waals surface area contributed by atoms with Crippen LogP contribution in [0.2, 0.25) is 0 Å². The molecule has 0 saturated carbocycles. The molecule has 5 heteroatoms. The number of hydrogen-bond donors (Lipinski definition) is 1. The van der Waals surface area contributed by atoms with Crippen molar-refractivity contribution in [2.75, 3.05) is 0 Å². The summed E-state index contributed by atoms with van der Waals surface area (Å²) in [6, 6.07) is 14.9. The molecule has 0 spiro atoms. The Morgan fingerprint density at radius 3 is 2.67 bits per heavy atom. The minimum Gasteiger partial charge on any atom is -0.389 e. The average Bonchev–Trinajstić information content (AvgIpc) is 2.51. The van der Waals surface area contributed by atoms with Crippen LogP contribution in [0.1, 0.15) is 11.1 Å². The first-order valence-corrected chi connectivity index (χ1v) is 6.90. The van der Waals surface area contributed by atoms with Crippen LogP contribution in [0, 0.1) is 0 Å². The van der Waals surface area contributed by atoms with Crippen LogP contribution >= 0.6 is 12.2 Å². The summed E-state index contributed by atoms with van der Waals surface area (Å²) in [4.78, 5) is 12.8. The van der Waals surface area contributed by atoms with Gasteiger partial charge in [-0.2, -0.15) is 5.10 Å². The Balaban J connectivity index is 2.09. The van der Waals surface area contributed by atoms with Gasteiger partial charge in [-0.15, -0.1) is 0 Å². The van der Waals surface area contributed by atoms with Gasteiger partial charge < -0.3 is 5.73 Å². The molecule has 0 aliphatic rings. The maximum absolute atomic E-state index is 12.5. The molecule has 104 valence electrons. The Morgan fingerprint density at radius 2 is 1.86 bits per heavy atom. The van der Waals surface area contributed by atoms with Gasteiger partial charge in [-0.25, -0.2) is 4.68 Å². The number of thiocarbonyl (C=S) groups is 1. The molecule has 0 radical (unpaired) electrons. The van der Waals surface area contributed by atoms with Gasteiger partial charge in [-0.3, -0.25) is 4.79 Å². The number of hydrogen-bond acceptors (Lipinski definition) is 3.